The van der Waals surface area contributed by atoms with E-state index >= 15 is 0 Å². The van der Waals surface area contributed by atoms with E-state index in [1.54, 1.807) is 37.4 Å². The number of aliphatic hydroxyl groups is 1. The van der Waals surface area contributed by atoms with Crippen LogP contribution in [0.15, 0.2) is 79.0 Å². The van der Waals surface area contributed by atoms with Crippen LogP contribution >= 0.6 is 0 Å². The highest BCUT2D eigenvalue weighted by Gasteiger charge is 2.32. The molecule has 12 heteroatoms. The highest BCUT2D eigenvalue weighted by Crippen LogP contribution is 2.38. The number of likely N-dealkylation sites (tertiary alicyclic amines) is 1. The minimum atomic E-state index is -0.622. The number of methoxy groups -OCH3 is 2. The molecular weight excluding hydrogens is 648 g/mol. The van der Waals surface area contributed by atoms with Crippen molar-refractivity contribution in [1.29, 1.82) is 0 Å². The highest BCUT2D eigenvalue weighted by atomic mass is 16.6. The van der Waals surface area contributed by atoms with Gasteiger partial charge in [-0.05, 0) is 70.0 Å². The first-order valence-electron chi connectivity index (χ1n) is 17.0. The van der Waals surface area contributed by atoms with E-state index in [9.17, 15) is 14.7 Å². The number of aromatic nitrogens is 3. The maximum absolute atomic E-state index is 13.1. The molecule has 0 bridgehead atoms. The monoisotopic (exact) mass is 692 g/mol. The molecule has 3 heterocycles. The zero-order valence-corrected chi connectivity index (χ0v) is 29.6. The lowest BCUT2D eigenvalue weighted by atomic mass is 10.0. The number of carbonyl (C=O) groups excluding carboxylic acids is 2. The zero-order valence-electron chi connectivity index (χ0n) is 29.6. The van der Waals surface area contributed by atoms with Gasteiger partial charge in [-0.25, -0.2) is 9.78 Å². The Bertz CT molecular complexity index is 2010. The molecule has 1 aliphatic heterocycles. The quantitative estimate of drug-likeness (QED) is 0.141. The second-order valence-electron chi connectivity index (χ2n) is 13.5. The average Bonchev–Trinajstić information content (AvgIpc) is 3.55. The number of para-hydroxylation sites is 1. The first-order valence-corrected chi connectivity index (χ1v) is 17.0. The van der Waals surface area contributed by atoms with Crippen molar-refractivity contribution in [2.75, 3.05) is 37.9 Å². The smallest absolute Gasteiger partial charge is 0.410 e. The van der Waals surface area contributed by atoms with Gasteiger partial charge in [-0.15, -0.1) is 0 Å². The lowest BCUT2D eigenvalue weighted by molar-refractivity contribution is 0.0169. The Labute approximate surface area is 297 Å². The average molecular weight is 693 g/mol. The molecule has 12 nitrogen and oxygen atoms in total. The number of piperidine rings is 1. The van der Waals surface area contributed by atoms with Crippen LogP contribution in [-0.2, 0) is 17.9 Å². The number of hydrogen-bond acceptors (Lipinski definition) is 9. The number of ether oxygens (including phenoxy) is 3. The van der Waals surface area contributed by atoms with Gasteiger partial charge in [0.1, 0.15) is 28.6 Å². The molecule has 6 rings (SSSR count). The van der Waals surface area contributed by atoms with Gasteiger partial charge in [0, 0.05) is 59.8 Å². The van der Waals surface area contributed by atoms with E-state index < -0.39 is 5.60 Å². The van der Waals surface area contributed by atoms with E-state index in [1.165, 1.54) is 0 Å². The van der Waals surface area contributed by atoms with Crippen molar-refractivity contribution < 1.29 is 28.9 Å². The SMILES string of the molecule is COc1ccc(CNc2ncc(CO)c3c2c(-c2ccc(C(=O)Nc4ccccc4)cc2)nn3[C@@H]2CCCN(C(=O)OC(C)(C)C)C2)c(OC)c1. The van der Waals surface area contributed by atoms with Crippen LogP contribution in [0, 0.1) is 0 Å². The summed E-state index contributed by atoms with van der Waals surface area (Å²) in [5, 5.41) is 22.9. The van der Waals surface area contributed by atoms with Crippen molar-refractivity contribution in [2.24, 2.45) is 0 Å². The van der Waals surface area contributed by atoms with Crippen molar-refractivity contribution in [2.45, 2.75) is 58.4 Å². The number of rotatable bonds is 10. The van der Waals surface area contributed by atoms with Gasteiger partial charge < -0.3 is 34.9 Å². The van der Waals surface area contributed by atoms with Gasteiger partial charge in [0.15, 0.2) is 0 Å². The summed E-state index contributed by atoms with van der Waals surface area (Å²) in [5.41, 5.74) is 4.17. The lowest BCUT2D eigenvalue weighted by Gasteiger charge is -2.34. The zero-order chi connectivity index (χ0) is 36.1. The normalized spacial score (nSPS) is 14.6. The number of anilines is 2. The Hall–Kier alpha value is -5.62. The molecular formula is C39H44N6O6. The molecule has 3 aromatic carbocycles. The van der Waals surface area contributed by atoms with Crippen molar-refractivity contribution in [1.82, 2.24) is 19.7 Å². The molecule has 5 aromatic rings. The van der Waals surface area contributed by atoms with Crippen molar-refractivity contribution >= 4 is 34.4 Å². The number of hydrogen-bond donors (Lipinski definition) is 3. The minimum absolute atomic E-state index is 0.194. The van der Waals surface area contributed by atoms with Crippen LogP contribution in [-0.4, -0.2) is 69.7 Å². The second kappa shape index (κ2) is 15.1. The standard InChI is InChI=1S/C39H44N6O6/c1-39(2,3)51-38(48)44-19-9-12-30(23-44)45-35-28(24-46)22-41-36(40-21-27-17-18-31(49-4)20-32(27)50-5)33(35)34(43-45)25-13-15-26(16-14-25)37(47)42-29-10-7-6-8-11-29/h6-8,10-11,13-18,20,22,30,46H,9,12,19,21,23-24H2,1-5H3,(H,40,41)(H,42,47)/t30-/m1/s1. The molecule has 0 radical (unpaired) electrons. The molecule has 1 atom stereocenters. The summed E-state index contributed by atoms with van der Waals surface area (Å²) in [7, 11) is 3.22. The summed E-state index contributed by atoms with van der Waals surface area (Å²) >= 11 is 0. The van der Waals surface area contributed by atoms with Gasteiger partial charge in [-0.3, -0.25) is 9.48 Å². The molecule has 1 saturated heterocycles. The second-order valence-corrected chi connectivity index (χ2v) is 13.5. The molecule has 266 valence electrons. The van der Waals surface area contributed by atoms with Gasteiger partial charge in [0.05, 0.1) is 37.8 Å². The number of nitrogens with one attached hydrogen (secondary N) is 2. The fraction of sp³-hybridized carbons (Fsp3) is 0.333. The van der Waals surface area contributed by atoms with Crippen LogP contribution in [0.3, 0.4) is 0 Å². The summed E-state index contributed by atoms with van der Waals surface area (Å²) in [5.74, 6) is 1.68. The van der Waals surface area contributed by atoms with E-state index in [4.69, 9.17) is 24.3 Å². The Morgan fingerprint density at radius 2 is 1.75 bits per heavy atom. The molecule has 0 aliphatic carbocycles. The number of fused-ring (bicyclic) bond motifs is 1. The van der Waals surface area contributed by atoms with Crippen molar-refractivity contribution in [3.8, 4) is 22.8 Å². The van der Waals surface area contributed by atoms with Gasteiger partial charge in [-0.1, -0.05) is 30.3 Å². The van der Waals surface area contributed by atoms with Crippen molar-refractivity contribution in [3.05, 3.63) is 95.7 Å². The fourth-order valence-corrected chi connectivity index (χ4v) is 6.28. The van der Waals surface area contributed by atoms with Gasteiger partial charge >= 0.3 is 6.09 Å². The van der Waals surface area contributed by atoms with Crippen LogP contribution in [0.4, 0.5) is 16.3 Å². The van der Waals surface area contributed by atoms with Crippen molar-refractivity contribution in [3.63, 3.8) is 0 Å². The van der Waals surface area contributed by atoms with Crippen LogP contribution in [0.5, 0.6) is 11.5 Å². The first kappa shape index (κ1) is 35.2. The minimum Gasteiger partial charge on any atom is -0.497 e. The van der Waals surface area contributed by atoms with E-state index in [1.807, 2.05) is 86.1 Å². The number of aliphatic hydroxyl groups excluding tert-OH is 1. The number of amides is 2. The van der Waals surface area contributed by atoms with Crippen LogP contribution in [0.2, 0.25) is 0 Å². The van der Waals surface area contributed by atoms with Gasteiger partial charge in [-0.2, -0.15) is 5.10 Å². The first-order chi connectivity index (χ1) is 24.6. The Kier molecular flexibility index (Phi) is 10.4. The van der Waals surface area contributed by atoms with Gasteiger partial charge in [0.2, 0.25) is 0 Å². The third kappa shape index (κ3) is 7.91. The maximum atomic E-state index is 13.1. The van der Waals surface area contributed by atoms with Crippen LogP contribution in [0.25, 0.3) is 22.2 Å². The third-order valence-electron chi connectivity index (χ3n) is 8.76. The van der Waals surface area contributed by atoms with Crippen LogP contribution in [0.1, 0.15) is 61.1 Å². The summed E-state index contributed by atoms with van der Waals surface area (Å²) in [6.45, 7) is 6.65. The number of pyridine rings is 1. The van der Waals surface area contributed by atoms with E-state index in [0.717, 1.165) is 24.0 Å². The topological polar surface area (TPSA) is 140 Å². The fourth-order valence-electron chi connectivity index (χ4n) is 6.28. The number of benzene rings is 3. The molecule has 0 saturated carbocycles. The van der Waals surface area contributed by atoms with Crippen LogP contribution < -0.4 is 20.1 Å². The predicted octanol–water partition coefficient (Wildman–Crippen LogP) is 7.04. The molecule has 2 amide bonds. The van der Waals surface area contributed by atoms with E-state index in [-0.39, 0.29) is 24.6 Å². The lowest BCUT2D eigenvalue weighted by Crippen LogP contribution is -2.43. The Morgan fingerprint density at radius 3 is 2.43 bits per heavy atom. The maximum Gasteiger partial charge on any atom is 0.410 e. The highest BCUT2D eigenvalue weighted by molar-refractivity contribution is 6.05. The predicted molar refractivity (Wildman–Crippen MR) is 196 cm³/mol. The third-order valence-corrected chi connectivity index (χ3v) is 8.76. The van der Waals surface area contributed by atoms with Gasteiger partial charge in [0.25, 0.3) is 5.91 Å². The summed E-state index contributed by atoms with van der Waals surface area (Å²) in [4.78, 5) is 32.7. The number of carbonyl (C=O) groups is 2. The summed E-state index contributed by atoms with van der Waals surface area (Å²) < 4.78 is 18.6. The Morgan fingerprint density at radius 1 is 0.980 bits per heavy atom. The van der Waals surface area contributed by atoms with E-state index in [0.29, 0.717) is 70.4 Å². The molecule has 1 fully saturated rings. The molecule has 0 unspecified atom stereocenters. The molecule has 51 heavy (non-hydrogen) atoms. The largest absolute Gasteiger partial charge is 0.497 e. The summed E-state index contributed by atoms with van der Waals surface area (Å²) in [6, 6.07) is 22.0. The molecule has 2 aromatic heterocycles. The Balaban J connectivity index is 1.41. The molecule has 0 spiro atoms. The number of nitrogens with zero attached hydrogens (tertiary/aromatic N) is 4. The summed E-state index contributed by atoms with van der Waals surface area (Å²) in [6.07, 6.45) is 2.82. The molecule has 3 N–H and O–H groups in total. The molecule has 1 aliphatic rings. The van der Waals surface area contributed by atoms with E-state index in [2.05, 4.69) is 10.6 Å².